The quantitative estimate of drug-likeness (QED) is 0.861. The second kappa shape index (κ2) is 4.72. The summed E-state index contributed by atoms with van der Waals surface area (Å²) >= 11 is 0. The van der Waals surface area contributed by atoms with Crippen molar-refractivity contribution in [2.45, 2.75) is 33.0 Å². The Morgan fingerprint density at radius 2 is 1.81 bits per heavy atom. The molecule has 0 aliphatic heterocycles. The molecule has 0 aromatic carbocycles. The van der Waals surface area contributed by atoms with E-state index in [1.807, 2.05) is 20.8 Å². The molecule has 1 unspecified atom stereocenters. The van der Waals surface area contributed by atoms with E-state index in [1.54, 1.807) is 0 Å². The molecule has 90 valence electrons. The molecule has 0 fully saturated rings. The summed E-state index contributed by atoms with van der Waals surface area (Å²) in [7, 11) is 0. The number of hydrogen-bond donors (Lipinski definition) is 1. The van der Waals surface area contributed by atoms with Gasteiger partial charge in [-0.15, -0.1) is 0 Å². The monoisotopic (exact) mass is 232 g/mol. The predicted molar refractivity (Wildman–Crippen MR) is 57.2 cm³/mol. The fourth-order valence-electron chi connectivity index (χ4n) is 1.05. The summed E-state index contributed by atoms with van der Waals surface area (Å²) in [6.07, 6.45) is -3.48. The van der Waals surface area contributed by atoms with Crippen molar-refractivity contribution < 1.29 is 13.2 Å². The van der Waals surface area contributed by atoms with Gasteiger partial charge in [0.1, 0.15) is 5.82 Å². The predicted octanol–water partition coefficient (Wildman–Crippen LogP) is 3.56. The lowest BCUT2D eigenvalue weighted by Crippen LogP contribution is -2.22. The van der Waals surface area contributed by atoms with Gasteiger partial charge in [-0.2, -0.15) is 13.2 Å². The normalized spacial score (nSPS) is 13.9. The number of hydrogen-bond acceptors (Lipinski definition) is 2. The van der Waals surface area contributed by atoms with Crippen LogP contribution in [0.1, 0.15) is 26.3 Å². The summed E-state index contributed by atoms with van der Waals surface area (Å²) < 4.78 is 36.7. The van der Waals surface area contributed by atoms with E-state index in [-0.39, 0.29) is 6.04 Å². The second-order valence-corrected chi connectivity index (χ2v) is 4.11. The van der Waals surface area contributed by atoms with E-state index < -0.39 is 11.7 Å². The van der Waals surface area contributed by atoms with Crippen LogP contribution in [-0.4, -0.2) is 11.0 Å². The highest BCUT2D eigenvalue weighted by Gasteiger charge is 2.30. The van der Waals surface area contributed by atoms with E-state index in [0.717, 1.165) is 12.3 Å². The van der Waals surface area contributed by atoms with Gasteiger partial charge in [-0.25, -0.2) is 4.98 Å². The smallest absolute Gasteiger partial charge is 0.367 e. The van der Waals surface area contributed by atoms with Crippen molar-refractivity contribution in [1.82, 2.24) is 4.98 Å². The number of pyridine rings is 1. The summed E-state index contributed by atoms with van der Waals surface area (Å²) in [5.74, 6) is 0.860. The van der Waals surface area contributed by atoms with Crippen LogP contribution >= 0.6 is 0 Å². The molecule has 0 saturated heterocycles. The van der Waals surface area contributed by atoms with E-state index in [2.05, 4.69) is 10.3 Å². The lowest BCUT2D eigenvalue weighted by atomic mass is 10.1. The Hall–Kier alpha value is -1.26. The minimum Gasteiger partial charge on any atom is -0.367 e. The Morgan fingerprint density at radius 1 is 1.19 bits per heavy atom. The van der Waals surface area contributed by atoms with Crippen LogP contribution in [0, 0.1) is 5.92 Å². The van der Waals surface area contributed by atoms with Gasteiger partial charge in [-0.1, -0.05) is 13.8 Å². The molecule has 0 radical (unpaired) electrons. The molecule has 1 rings (SSSR count). The summed E-state index contributed by atoms with van der Waals surface area (Å²) in [5.41, 5.74) is -0.727. The lowest BCUT2D eigenvalue weighted by molar-refractivity contribution is -0.137. The fourth-order valence-corrected chi connectivity index (χ4v) is 1.05. The third-order valence-electron chi connectivity index (χ3n) is 2.47. The molecule has 2 nitrogen and oxygen atoms in total. The Bertz CT molecular complexity index is 330. The third-order valence-corrected chi connectivity index (χ3v) is 2.47. The number of aromatic nitrogens is 1. The van der Waals surface area contributed by atoms with Crippen molar-refractivity contribution >= 4 is 5.82 Å². The SMILES string of the molecule is CC(C)C(C)Nc1ccc(C(F)(F)F)cn1. The lowest BCUT2D eigenvalue weighted by Gasteiger charge is -2.18. The highest BCUT2D eigenvalue weighted by Crippen LogP contribution is 2.28. The van der Waals surface area contributed by atoms with E-state index in [1.165, 1.54) is 6.07 Å². The average molecular weight is 232 g/mol. The summed E-state index contributed by atoms with van der Waals surface area (Å²) in [6.45, 7) is 6.02. The second-order valence-electron chi connectivity index (χ2n) is 4.11. The first-order chi connectivity index (χ1) is 7.30. The fraction of sp³-hybridized carbons (Fsp3) is 0.545. The molecule has 5 heteroatoms. The number of rotatable bonds is 3. The van der Waals surface area contributed by atoms with Crippen LogP contribution in [0.15, 0.2) is 18.3 Å². The first-order valence-corrected chi connectivity index (χ1v) is 5.10. The van der Waals surface area contributed by atoms with Crippen molar-refractivity contribution in [1.29, 1.82) is 0 Å². The zero-order valence-corrected chi connectivity index (χ0v) is 9.47. The van der Waals surface area contributed by atoms with E-state index >= 15 is 0 Å². The van der Waals surface area contributed by atoms with Gasteiger partial charge in [0.25, 0.3) is 0 Å². The largest absolute Gasteiger partial charge is 0.417 e. The molecule has 0 bridgehead atoms. The van der Waals surface area contributed by atoms with Gasteiger partial charge in [-0.05, 0) is 25.0 Å². The molecule has 1 N–H and O–H groups in total. The number of alkyl halides is 3. The topological polar surface area (TPSA) is 24.9 Å². The first kappa shape index (κ1) is 12.8. The molecule has 0 amide bonds. The molecule has 1 aromatic heterocycles. The maximum atomic E-state index is 12.2. The summed E-state index contributed by atoms with van der Waals surface area (Å²) in [4.78, 5) is 3.74. The van der Waals surface area contributed by atoms with Crippen molar-refractivity contribution in [3.63, 3.8) is 0 Å². The van der Waals surface area contributed by atoms with Crippen LogP contribution in [0.3, 0.4) is 0 Å². The van der Waals surface area contributed by atoms with Crippen LogP contribution in [0.2, 0.25) is 0 Å². The molecule has 0 aliphatic carbocycles. The van der Waals surface area contributed by atoms with Crippen LogP contribution in [0.5, 0.6) is 0 Å². The Kier molecular flexibility index (Phi) is 3.78. The number of nitrogens with one attached hydrogen (secondary N) is 1. The summed E-state index contributed by atoms with van der Waals surface area (Å²) in [6, 6.07) is 2.55. The molecular formula is C11H15F3N2. The van der Waals surface area contributed by atoms with Crippen LogP contribution in [0.25, 0.3) is 0 Å². The van der Waals surface area contributed by atoms with Crippen molar-refractivity contribution in [3.8, 4) is 0 Å². The molecule has 0 spiro atoms. The van der Waals surface area contributed by atoms with Crippen LogP contribution in [-0.2, 0) is 6.18 Å². The number of halogens is 3. The Morgan fingerprint density at radius 3 is 2.19 bits per heavy atom. The van der Waals surface area contributed by atoms with Crippen molar-refractivity contribution in [2.75, 3.05) is 5.32 Å². The zero-order chi connectivity index (χ0) is 12.3. The first-order valence-electron chi connectivity index (χ1n) is 5.10. The molecule has 1 aromatic rings. The molecule has 16 heavy (non-hydrogen) atoms. The number of anilines is 1. The molecule has 1 heterocycles. The van der Waals surface area contributed by atoms with Gasteiger partial charge >= 0.3 is 6.18 Å². The highest BCUT2D eigenvalue weighted by atomic mass is 19.4. The minimum absolute atomic E-state index is 0.171. The van der Waals surface area contributed by atoms with Gasteiger partial charge in [0, 0.05) is 12.2 Å². The molecule has 0 aliphatic rings. The Labute approximate surface area is 92.9 Å². The Balaban J connectivity index is 2.72. The van der Waals surface area contributed by atoms with E-state index in [4.69, 9.17) is 0 Å². The van der Waals surface area contributed by atoms with Gasteiger partial charge < -0.3 is 5.32 Å². The van der Waals surface area contributed by atoms with Crippen LogP contribution < -0.4 is 5.32 Å². The molecule has 1 atom stereocenters. The van der Waals surface area contributed by atoms with Gasteiger partial charge in [0.2, 0.25) is 0 Å². The zero-order valence-electron chi connectivity index (χ0n) is 9.47. The standard InChI is InChI=1S/C11H15F3N2/c1-7(2)8(3)16-10-5-4-9(6-15-10)11(12,13)14/h4-8H,1-3H3,(H,15,16). The molecular weight excluding hydrogens is 217 g/mol. The van der Waals surface area contributed by atoms with Gasteiger partial charge in [0.15, 0.2) is 0 Å². The maximum Gasteiger partial charge on any atom is 0.417 e. The molecule has 0 saturated carbocycles. The van der Waals surface area contributed by atoms with E-state index in [9.17, 15) is 13.2 Å². The van der Waals surface area contributed by atoms with Gasteiger partial charge in [0.05, 0.1) is 5.56 Å². The van der Waals surface area contributed by atoms with Gasteiger partial charge in [-0.3, -0.25) is 0 Å². The third kappa shape index (κ3) is 3.40. The highest BCUT2D eigenvalue weighted by molar-refractivity contribution is 5.37. The maximum absolute atomic E-state index is 12.2. The minimum atomic E-state index is -4.32. The van der Waals surface area contributed by atoms with Crippen LogP contribution in [0.4, 0.5) is 19.0 Å². The van der Waals surface area contributed by atoms with Crippen molar-refractivity contribution in [2.24, 2.45) is 5.92 Å². The number of nitrogens with zero attached hydrogens (tertiary/aromatic N) is 1. The summed E-state index contributed by atoms with van der Waals surface area (Å²) in [5, 5.41) is 3.04. The average Bonchev–Trinajstić information content (AvgIpc) is 2.17. The van der Waals surface area contributed by atoms with Crippen molar-refractivity contribution in [3.05, 3.63) is 23.9 Å². The van der Waals surface area contributed by atoms with E-state index in [0.29, 0.717) is 11.7 Å².